The van der Waals surface area contributed by atoms with Gasteiger partial charge in [-0.15, -0.1) is 0 Å². The molecule has 0 aliphatic carbocycles. The third kappa shape index (κ3) is 2.11. The van der Waals surface area contributed by atoms with Crippen molar-refractivity contribution in [1.29, 1.82) is 5.26 Å². The number of hydrogen-bond acceptors (Lipinski definition) is 4. The number of aliphatic hydroxyl groups excluding tert-OH is 1. The summed E-state index contributed by atoms with van der Waals surface area (Å²) in [5.74, 6) is 0. The van der Waals surface area contributed by atoms with E-state index in [1.165, 1.54) is 0 Å². The second-order valence-corrected chi connectivity index (χ2v) is 4.09. The highest BCUT2D eigenvalue weighted by atomic mass is 16.3. The van der Waals surface area contributed by atoms with E-state index in [4.69, 9.17) is 5.26 Å². The molecule has 2 rings (SSSR count). The van der Waals surface area contributed by atoms with Gasteiger partial charge in [0.25, 0.3) is 0 Å². The number of nitriles is 1. The van der Waals surface area contributed by atoms with Crippen LogP contribution in [0.25, 0.3) is 0 Å². The Hall–Kier alpha value is -2.19. The summed E-state index contributed by atoms with van der Waals surface area (Å²) in [6.45, 7) is 4.25. The Morgan fingerprint density at radius 1 is 1.44 bits per heavy atom. The maximum Gasteiger partial charge on any atom is 0.145 e. The zero-order valence-electron chi connectivity index (χ0n) is 10.4. The second-order valence-electron chi connectivity index (χ2n) is 4.09. The lowest BCUT2D eigenvalue weighted by Gasteiger charge is -2.06. The first-order chi connectivity index (χ1) is 8.67. The van der Waals surface area contributed by atoms with Crippen molar-refractivity contribution < 1.29 is 5.11 Å². The summed E-state index contributed by atoms with van der Waals surface area (Å²) in [6.07, 6.45) is 1.60. The van der Waals surface area contributed by atoms with Crippen LogP contribution in [0.15, 0.2) is 18.3 Å². The fourth-order valence-corrected chi connectivity index (χ4v) is 1.94. The van der Waals surface area contributed by atoms with Crippen LogP contribution in [-0.2, 0) is 13.2 Å². The normalized spacial score (nSPS) is 10.3. The average Bonchev–Trinajstić information content (AvgIpc) is 2.65. The van der Waals surface area contributed by atoms with Gasteiger partial charge in [-0.2, -0.15) is 10.4 Å². The fraction of sp³-hybridized carbons (Fsp3) is 0.308. The summed E-state index contributed by atoms with van der Waals surface area (Å²) < 4.78 is 1.79. The maximum absolute atomic E-state index is 9.26. The zero-order valence-corrected chi connectivity index (χ0v) is 10.4. The van der Waals surface area contributed by atoms with Gasteiger partial charge in [0.1, 0.15) is 11.8 Å². The molecule has 0 saturated carbocycles. The molecule has 1 N–H and O–H groups in total. The quantitative estimate of drug-likeness (QED) is 0.880. The van der Waals surface area contributed by atoms with E-state index in [9.17, 15) is 5.11 Å². The van der Waals surface area contributed by atoms with Gasteiger partial charge in [-0.3, -0.25) is 4.68 Å². The molecule has 0 aromatic carbocycles. The van der Waals surface area contributed by atoms with Gasteiger partial charge < -0.3 is 5.11 Å². The summed E-state index contributed by atoms with van der Waals surface area (Å²) in [7, 11) is 0. The van der Waals surface area contributed by atoms with E-state index in [-0.39, 0.29) is 6.61 Å². The summed E-state index contributed by atoms with van der Waals surface area (Å²) in [5.41, 5.74) is 3.82. The van der Waals surface area contributed by atoms with Gasteiger partial charge in [-0.05, 0) is 19.9 Å². The van der Waals surface area contributed by atoms with Crippen molar-refractivity contribution in [3.8, 4) is 6.07 Å². The van der Waals surface area contributed by atoms with Gasteiger partial charge >= 0.3 is 0 Å². The molecule has 92 valence electrons. The number of aliphatic hydroxyl groups is 1. The highest BCUT2D eigenvalue weighted by molar-refractivity contribution is 5.32. The molecule has 0 saturated heterocycles. The third-order valence-electron chi connectivity index (χ3n) is 3.01. The largest absolute Gasteiger partial charge is 0.392 e. The Kier molecular flexibility index (Phi) is 3.40. The molecule has 0 unspecified atom stereocenters. The summed E-state index contributed by atoms with van der Waals surface area (Å²) in [4.78, 5) is 4.02. The van der Waals surface area contributed by atoms with Crippen molar-refractivity contribution in [3.63, 3.8) is 0 Å². The molecule has 18 heavy (non-hydrogen) atoms. The number of aryl methyl sites for hydroxylation is 1. The van der Waals surface area contributed by atoms with Crippen LogP contribution in [0.5, 0.6) is 0 Å². The lowest BCUT2D eigenvalue weighted by atomic mass is 10.2. The first-order valence-corrected chi connectivity index (χ1v) is 5.65. The Labute approximate surface area is 105 Å². The van der Waals surface area contributed by atoms with Crippen molar-refractivity contribution in [3.05, 3.63) is 46.5 Å². The second kappa shape index (κ2) is 4.98. The molecule has 5 nitrogen and oxygen atoms in total. The molecule has 2 heterocycles. The lowest BCUT2D eigenvalue weighted by molar-refractivity contribution is 0.280. The van der Waals surface area contributed by atoms with Crippen LogP contribution in [0.2, 0.25) is 0 Å². The Bertz CT molecular complexity index is 610. The SMILES string of the molecule is Cc1nn(Cc2cccnc2C#N)c(C)c1CO. The van der Waals surface area contributed by atoms with Gasteiger partial charge in [0.05, 0.1) is 18.8 Å². The van der Waals surface area contributed by atoms with Crippen LogP contribution in [0.3, 0.4) is 0 Å². The number of hydrogen-bond donors (Lipinski definition) is 1. The zero-order chi connectivity index (χ0) is 13.1. The molecule has 0 aliphatic heterocycles. The van der Waals surface area contributed by atoms with Crippen LogP contribution in [0.1, 0.15) is 28.2 Å². The third-order valence-corrected chi connectivity index (χ3v) is 3.01. The minimum atomic E-state index is -0.0180. The molecule has 2 aromatic heterocycles. The van der Waals surface area contributed by atoms with Gasteiger partial charge in [0.15, 0.2) is 0 Å². The minimum Gasteiger partial charge on any atom is -0.392 e. The van der Waals surface area contributed by atoms with E-state index in [2.05, 4.69) is 16.2 Å². The minimum absolute atomic E-state index is 0.0180. The fourth-order valence-electron chi connectivity index (χ4n) is 1.94. The number of aromatic nitrogens is 3. The molecule has 0 radical (unpaired) electrons. The van der Waals surface area contributed by atoms with Crippen molar-refractivity contribution in [2.45, 2.75) is 27.0 Å². The molecule has 0 aliphatic rings. The Balaban J connectivity index is 2.38. The standard InChI is InChI=1S/C13H14N4O/c1-9-12(8-18)10(2)17(16-9)7-11-4-3-5-15-13(11)6-14/h3-5,18H,7-8H2,1-2H3. The molecule has 0 bridgehead atoms. The molecule has 5 heteroatoms. The van der Waals surface area contributed by atoms with Crippen LogP contribution >= 0.6 is 0 Å². The lowest BCUT2D eigenvalue weighted by Crippen LogP contribution is -2.06. The van der Waals surface area contributed by atoms with Crippen molar-refractivity contribution in [2.24, 2.45) is 0 Å². The molecule has 0 fully saturated rings. The Morgan fingerprint density at radius 3 is 2.83 bits per heavy atom. The highest BCUT2D eigenvalue weighted by Gasteiger charge is 2.12. The molecular weight excluding hydrogens is 228 g/mol. The summed E-state index contributed by atoms with van der Waals surface area (Å²) in [6, 6.07) is 5.73. The van der Waals surface area contributed by atoms with Gasteiger partial charge in [0, 0.05) is 23.0 Å². The van der Waals surface area contributed by atoms with E-state index in [1.54, 1.807) is 16.9 Å². The van der Waals surface area contributed by atoms with Gasteiger partial charge in [-0.1, -0.05) is 6.07 Å². The van der Waals surface area contributed by atoms with E-state index >= 15 is 0 Å². The van der Waals surface area contributed by atoms with E-state index in [1.807, 2.05) is 19.9 Å². The van der Waals surface area contributed by atoms with E-state index in [0.717, 1.165) is 22.5 Å². The number of rotatable bonds is 3. The molecular formula is C13H14N4O. The average molecular weight is 242 g/mol. The Morgan fingerprint density at radius 2 is 2.22 bits per heavy atom. The smallest absolute Gasteiger partial charge is 0.145 e. The van der Waals surface area contributed by atoms with E-state index < -0.39 is 0 Å². The number of pyridine rings is 1. The van der Waals surface area contributed by atoms with Gasteiger partial charge in [-0.25, -0.2) is 4.98 Å². The highest BCUT2D eigenvalue weighted by Crippen LogP contribution is 2.15. The van der Waals surface area contributed by atoms with Crippen molar-refractivity contribution in [2.75, 3.05) is 0 Å². The molecule has 2 aromatic rings. The van der Waals surface area contributed by atoms with Crippen molar-refractivity contribution in [1.82, 2.24) is 14.8 Å². The van der Waals surface area contributed by atoms with Crippen LogP contribution in [-0.4, -0.2) is 19.9 Å². The molecule has 0 spiro atoms. The summed E-state index contributed by atoms with van der Waals surface area (Å²) >= 11 is 0. The maximum atomic E-state index is 9.26. The topological polar surface area (TPSA) is 74.7 Å². The van der Waals surface area contributed by atoms with Crippen LogP contribution in [0, 0.1) is 25.2 Å². The first kappa shape index (κ1) is 12.3. The van der Waals surface area contributed by atoms with E-state index in [0.29, 0.717) is 12.2 Å². The predicted molar refractivity (Wildman–Crippen MR) is 65.7 cm³/mol. The van der Waals surface area contributed by atoms with Gasteiger partial charge in [0.2, 0.25) is 0 Å². The summed E-state index contributed by atoms with van der Waals surface area (Å²) in [5, 5.41) is 22.6. The van der Waals surface area contributed by atoms with Crippen LogP contribution < -0.4 is 0 Å². The first-order valence-electron chi connectivity index (χ1n) is 5.65. The predicted octanol–water partition coefficient (Wildman–Crippen LogP) is 1.31. The van der Waals surface area contributed by atoms with Crippen LogP contribution in [0.4, 0.5) is 0 Å². The van der Waals surface area contributed by atoms with Crippen molar-refractivity contribution >= 4 is 0 Å². The molecule has 0 atom stereocenters. The number of nitrogens with zero attached hydrogens (tertiary/aromatic N) is 4. The molecule has 0 amide bonds. The monoisotopic (exact) mass is 242 g/mol.